The molecule has 17 heavy (non-hydrogen) atoms. The molecule has 0 atom stereocenters. The SMILES string of the molecule is CC.Cc1cccc(C)c1.Fc1ccccc1. The third kappa shape index (κ3) is 8.21. The average molecular weight is 232 g/mol. The van der Waals surface area contributed by atoms with Crippen molar-refractivity contribution in [2.45, 2.75) is 27.7 Å². The Kier molecular flexibility index (Phi) is 8.67. The first-order valence-electron chi connectivity index (χ1n) is 5.92. The third-order valence-electron chi connectivity index (χ3n) is 1.91. The Morgan fingerprint density at radius 2 is 1.18 bits per heavy atom. The van der Waals surface area contributed by atoms with Crippen LogP contribution in [0, 0.1) is 19.7 Å². The van der Waals surface area contributed by atoms with E-state index in [0.717, 1.165) is 0 Å². The maximum absolute atomic E-state index is 11.9. The van der Waals surface area contributed by atoms with Crippen molar-refractivity contribution >= 4 is 0 Å². The largest absolute Gasteiger partial charge is 0.207 e. The highest BCUT2D eigenvalue weighted by Gasteiger charge is 1.80. The van der Waals surface area contributed by atoms with Gasteiger partial charge in [-0.3, -0.25) is 0 Å². The van der Waals surface area contributed by atoms with Gasteiger partial charge in [-0.25, -0.2) is 4.39 Å². The Morgan fingerprint density at radius 1 is 0.706 bits per heavy atom. The fourth-order valence-corrected chi connectivity index (χ4v) is 1.22. The summed E-state index contributed by atoms with van der Waals surface area (Å²) in [4.78, 5) is 0. The van der Waals surface area contributed by atoms with Crippen LogP contribution >= 0.6 is 0 Å². The lowest BCUT2D eigenvalue weighted by molar-refractivity contribution is 0.628. The predicted molar refractivity (Wildman–Crippen MR) is 73.7 cm³/mol. The summed E-state index contributed by atoms with van der Waals surface area (Å²) in [5, 5.41) is 0. The van der Waals surface area contributed by atoms with E-state index in [-0.39, 0.29) is 5.82 Å². The molecule has 2 aromatic carbocycles. The summed E-state index contributed by atoms with van der Waals surface area (Å²) in [5.74, 6) is -0.178. The van der Waals surface area contributed by atoms with Gasteiger partial charge < -0.3 is 0 Å². The summed E-state index contributed by atoms with van der Waals surface area (Å²) >= 11 is 0. The highest BCUT2D eigenvalue weighted by Crippen LogP contribution is 2.00. The Labute approximate surface area is 104 Å². The van der Waals surface area contributed by atoms with Crippen molar-refractivity contribution < 1.29 is 4.39 Å². The summed E-state index contributed by atoms with van der Waals surface area (Å²) in [6.07, 6.45) is 0. The van der Waals surface area contributed by atoms with Gasteiger partial charge in [0, 0.05) is 0 Å². The molecule has 0 aromatic heterocycles. The summed E-state index contributed by atoms with van der Waals surface area (Å²) in [5.41, 5.74) is 2.68. The molecule has 0 fully saturated rings. The standard InChI is InChI=1S/C8H10.C6H5F.C2H6/c1-7-4-3-5-8(2)6-7;7-6-4-2-1-3-5-6;1-2/h3-6H,1-2H3;1-5H;1-2H3. The molecule has 0 nitrogen and oxygen atoms in total. The lowest BCUT2D eigenvalue weighted by Crippen LogP contribution is -1.71. The van der Waals surface area contributed by atoms with Gasteiger partial charge in [-0.1, -0.05) is 67.4 Å². The zero-order chi connectivity index (χ0) is 13.1. The second kappa shape index (κ2) is 9.59. The van der Waals surface area contributed by atoms with Gasteiger partial charge in [-0.2, -0.15) is 0 Å². The minimum Gasteiger partial charge on any atom is -0.207 e. The van der Waals surface area contributed by atoms with Crippen molar-refractivity contribution in [3.63, 3.8) is 0 Å². The van der Waals surface area contributed by atoms with Crippen molar-refractivity contribution in [3.05, 3.63) is 71.5 Å². The van der Waals surface area contributed by atoms with Crippen LogP contribution in [-0.4, -0.2) is 0 Å². The van der Waals surface area contributed by atoms with Crippen LogP contribution in [0.2, 0.25) is 0 Å². The number of aryl methyl sites for hydroxylation is 2. The van der Waals surface area contributed by atoms with E-state index in [1.807, 2.05) is 13.8 Å². The molecule has 2 aromatic rings. The highest BCUT2D eigenvalue weighted by atomic mass is 19.1. The first-order valence-corrected chi connectivity index (χ1v) is 5.92. The fraction of sp³-hybridized carbons (Fsp3) is 0.250. The van der Waals surface area contributed by atoms with E-state index in [0.29, 0.717) is 0 Å². The van der Waals surface area contributed by atoms with E-state index < -0.39 is 0 Å². The van der Waals surface area contributed by atoms with E-state index in [9.17, 15) is 4.39 Å². The van der Waals surface area contributed by atoms with Crippen molar-refractivity contribution in [2.24, 2.45) is 0 Å². The summed E-state index contributed by atoms with van der Waals surface area (Å²) in [7, 11) is 0. The van der Waals surface area contributed by atoms with Gasteiger partial charge in [0.25, 0.3) is 0 Å². The predicted octanol–water partition coefficient (Wildman–Crippen LogP) is 5.16. The Balaban J connectivity index is 0.000000265. The number of rotatable bonds is 0. The van der Waals surface area contributed by atoms with Crippen molar-refractivity contribution in [3.8, 4) is 0 Å². The minimum atomic E-state index is -0.178. The molecule has 92 valence electrons. The maximum Gasteiger partial charge on any atom is 0.123 e. The lowest BCUT2D eigenvalue weighted by Gasteiger charge is -1.90. The van der Waals surface area contributed by atoms with E-state index in [4.69, 9.17) is 0 Å². The molecule has 0 aliphatic carbocycles. The van der Waals surface area contributed by atoms with Gasteiger partial charge in [0.1, 0.15) is 5.82 Å². The van der Waals surface area contributed by atoms with Crippen LogP contribution in [0.4, 0.5) is 4.39 Å². The van der Waals surface area contributed by atoms with Gasteiger partial charge in [0.2, 0.25) is 0 Å². The van der Waals surface area contributed by atoms with Crippen LogP contribution in [-0.2, 0) is 0 Å². The molecule has 0 heterocycles. The van der Waals surface area contributed by atoms with E-state index in [2.05, 4.69) is 38.1 Å². The van der Waals surface area contributed by atoms with Gasteiger partial charge >= 0.3 is 0 Å². The number of hydrogen-bond acceptors (Lipinski definition) is 0. The Hall–Kier alpha value is -1.63. The van der Waals surface area contributed by atoms with E-state index >= 15 is 0 Å². The zero-order valence-corrected chi connectivity index (χ0v) is 11.1. The Morgan fingerprint density at radius 3 is 1.41 bits per heavy atom. The van der Waals surface area contributed by atoms with Gasteiger partial charge in [0.05, 0.1) is 0 Å². The molecule has 0 N–H and O–H groups in total. The summed E-state index contributed by atoms with van der Waals surface area (Å²) in [6, 6.07) is 16.4. The first kappa shape index (κ1) is 15.4. The van der Waals surface area contributed by atoms with Crippen LogP contribution in [0.15, 0.2) is 54.6 Å². The monoisotopic (exact) mass is 232 g/mol. The second-order valence-corrected chi connectivity index (χ2v) is 3.45. The number of hydrogen-bond donors (Lipinski definition) is 0. The van der Waals surface area contributed by atoms with Crippen molar-refractivity contribution in [1.29, 1.82) is 0 Å². The fourth-order valence-electron chi connectivity index (χ4n) is 1.22. The first-order chi connectivity index (χ1) is 8.18. The molecule has 0 amide bonds. The van der Waals surface area contributed by atoms with Crippen LogP contribution in [0.5, 0.6) is 0 Å². The molecule has 0 unspecified atom stereocenters. The smallest absolute Gasteiger partial charge is 0.123 e. The van der Waals surface area contributed by atoms with Crippen LogP contribution in [0.25, 0.3) is 0 Å². The molecule has 0 bridgehead atoms. The van der Waals surface area contributed by atoms with E-state index in [1.54, 1.807) is 18.2 Å². The van der Waals surface area contributed by atoms with Gasteiger partial charge in [0.15, 0.2) is 0 Å². The van der Waals surface area contributed by atoms with Gasteiger partial charge in [-0.05, 0) is 26.0 Å². The maximum atomic E-state index is 11.9. The number of benzene rings is 2. The van der Waals surface area contributed by atoms with Crippen molar-refractivity contribution in [2.75, 3.05) is 0 Å². The minimum absolute atomic E-state index is 0.178. The van der Waals surface area contributed by atoms with E-state index in [1.165, 1.54) is 23.3 Å². The summed E-state index contributed by atoms with van der Waals surface area (Å²) in [6.45, 7) is 8.21. The molecule has 1 heteroatoms. The number of halogens is 1. The summed E-state index contributed by atoms with van der Waals surface area (Å²) < 4.78 is 11.9. The topological polar surface area (TPSA) is 0 Å². The van der Waals surface area contributed by atoms with Crippen LogP contribution in [0.3, 0.4) is 0 Å². The molecule has 0 saturated heterocycles. The third-order valence-corrected chi connectivity index (χ3v) is 1.91. The molecule has 2 rings (SSSR count). The molecule has 0 aliphatic heterocycles. The van der Waals surface area contributed by atoms with Gasteiger partial charge in [-0.15, -0.1) is 0 Å². The lowest BCUT2D eigenvalue weighted by atomic mass is 10.2. The second-order valence-electron chi connectivity index (χ2n) is 3.45. The normalized spacial score (nSPS) is 8.29. The molecular weight excluding hydrogens is 211 g/mol. The molecular formula is C16H21F. The highest BCUT2D eigenvalue weighted by molar-refractivity contribution is 5.20. The Bertz CT molecular complexity index is 376. The molecule has 0 radical (unpaired) electrons. The van der Waals surface area contributed by atoms with Crippen LogP contribution in [0.1, 0.15) is 25.0 Å². The van der Waals surface area contributed by atoms with Crippen LogP contribution < -0.4 is 0 Å². The molecule has 0 spiro atoms. The quantitative estimate of drug-likeness (QED) is 0.589. The molecule has 0 saturated carbocycles. The molecule has 0 aliphatic rings. The zero-order valence-electron chi connectivity index (χ0n) is 11.1. The van der Waals surface area contributed by atoms with Crippen molar-refractivity contribution in [1.82, 2.24) is 0 Å². The average Bonchev–Trinajstić information content (AvgIpc) is 2.33.